The minimum absolute atomic E-state index is 0.0744. The summed E-state index contributed by atoms with van der Waals surface area (Å²) >= 11 is 0. The van der Waals surface area contributed by atoms with Crippen LogP contribution in [0.2, 0.25) is 0 Å². The van der Waals surface area contributed by atoms with Crippen LogP contribution in [-0.2, 0) is 20.7 Å². The van der Waals surface area contributed by atoms with Gasteiger partial charge in [0, 0.05) is 12.0 Å². The smallest absolute Gasteiger partial charge is 0.189 e. The molecule has 1 fully saturated rings. The third kappa shape index (κ3) is 3.16. The van der Waals surface area contributed by atoms with Gasteiger partial charge in [-0.25, -0.2) is 0 Å². The van der Waals surface area contributed by atoms with E-state index in [2.05, 4.69) is 13.5 Å². The first kappa shape index (κ1) is 17.5. The molecular formula is C20H24O5. The van der Waals surface area contributed by atoms with Crippen molar-refractivity contribution < 1.29 is 24.1 Å². The summed E-state index contributed by atoms with van der Waals surface area (Å²) in [6.45, 7) is 6.00. The third-order valence-electron chi connectivity index (χ3n) is 5.21. The first-order chi connectivity index (χ1) is 12.0. The summed E-state index contributed by atoms with van der Waals surface area (Å²) in [6.07, 6.45) is 5.27. The summed E-state index contributed by atoms with van der Waals surface area (Å²) in [4.78, 5) is 12.3. The van der Waals surface area contributed by atoms with Crippen LogP contribution in [0.25, 0.3) is 0 Å². The van der Waals surface area contributed by atoms with Gasteiger partial charge in [0.1, 0.15) is 11.4 Å². The first-order valence-electron chi connectivity index (χ1n) is 8.49. The van der Waals surface area contributed by atoms with Crippen LogP contribution in [0, 0.1) is 11.8 Å². The van der Waals surface area contributed by atoms with Crippen molar-refractivity contribution in [3.63, 3.8) is 0 Å². The van der Waals surface area contributed by atoms with Crippen molar-refractivity contribution in [2.45, 2.75) is 31.8 Å². The molecule has 25 heavy (non-hydrogen) atoms. The number of aromatic hydroxyl groups is 1. The number of carbonyl (C=O) groups is 1. The number of allylic oxidation sites excluding steroid dienone is 2. The van der Waals surface area contributed by atoms with Crippen molar-refractivity contribution in [2.24, 2.45) is 11.8 Å². The largest absolute Gasteiger partial charge is 0.504 e. The van der Waals surface area contributed by atoms with Gasteiger partial charge in [0.05, 0.1) is 7.11 Å². The van der Waals surface area contributed by atoms with Gasteiger partial charge in [-0.3, -0.25) is 4.79 Å². The molecule has 1 aliphatic carbocycles. The Morgan fingerprint density at radius 3 is 3.00 bits per heavy atom. The fourth-order valence-electron chi connectivity index (χ4n) is 3.80. The lowest BCUT2D eigenvalue weighted by Crippen LogP contribution is -2.44. The van der Waals surface area contributed by atoms with E-state index >= 15 is 0 Å². The molecule has 1 N–H and O–H groups in total. The maximum atomic E-state index is 12.3. The lowest BCUT2D eigenvalue weighted by molar-refractivity contribution is -0.123. The van der Waals surface area contributed by atoms with Crippen LogP contribution in [0.5, 0.6) is 11.5 Å². The number of phenolic OH excluding ortho intramolecular Hbond substituents is 1. The molecule has 0 bridgehead atoms. The van der Waals surface area contributed by atoms with Crippen LogP contribution in [0.15, 0.2) is 42.7 Å². The fourth-order valence-corrected chi connectivity index (χ4v) is 3.80. The van der Waals surface area contributed by atoms with E-state index < -0.39 is 5.60 Å². The molecule has 3 rings (SSSR count). The molecular weight excluding hydrogens is 320 g/mol. The fraction of sp³-hybridized carbons (Fsp3) is 0.450. The molecule has 0 aromatic heterocycles. The van der Waals surface area contributed by atoms with Gasteiger partial charge in [0.2, 0.25) is 0 Å². The van der Waals surface area contributed by atoms with Gasteiger partial charge < -0.3 is 19.3 Å². The van der Waals surface area contributed by atoms with Crippen LogP contribution >= 0.6 is 0 Å². The number of fused-ring (bicyclic) bond motifs is 1. The predicted octanol–water partition coefficient (Wildman–Crippen LogP) is 3.37. The van der Waals surface area contributed by atoms with E-state index in [4.69, 9.17) is 14.2 Å². The Bertz CT molecular complexity index is 708. The number of hydrogen-bond acceptors (Lipinski definition) is 5. The Balaban J connectivity index is 1.85. The van der Waals surface area contributed by atoms with Crippen molar-refractivity contribution in [3.8, 4) is 11.5 Å². The maximum absolute atomic E-state index is 12.3. The lowest BCUT2D eigenvalue weighted by Gasteiger charge is -2.38. The summed E-state index contributed by atoms with van der Waals surface area (Å²) in [5.74, 6) is 1.22. The van der Waals surface area contributed by atoms with E-state index in [1.807, 2.05) is 6.07 Å². The third-order valence-corrected chi connectivity index (χ3v) is 5.21. The zero-order valence-corrected chi connectivity index (χ0v) is 14.7. The average molecular weight is 344 g/mol. The zero-order chi connectivity index (χ0) is 18.0. The van der Waals surface area contributed by atoms with Crippen molar-refractivity contribution in [3.05, 3.63) is 48.3 Å². The van der Waals surface area contributed by atoms with Crippen molar-refractivity contribution in [1.29, 1.82) is 0 Å². The van der Waals surface area contributed by atoms with Gasteiger partial charge in [-0.05, 0) is 42.9 Å². The molecule has 134 valence electrons. The maximum Gasteiger partial charge on any atom is 0.189 e. The molecule has 5 heteroatoms. The van der Waals surface area contributed by atoms with E-state index in [9.17, 15) is 9.90 Å². The molecule has 5 nitrogen and oxygen atoms in total. The van der Waals surface area contributed by atoms with Gasteiger partial charge in [-0.15, -0.1) is 6.58 Å². The second kappa shape index (κ2) is 6.92. The molecule has 1 aliphatic heterocycles. The summed E-state index contributed by atoms with van der Waals surface area (Å²) in [6, 6.07) is 5.39. The Morgan fingerprint density at radius 2 is 2.32 bits per heavy atom. The molecule has 0 saturated carbocycles. The summed E-state index contributed by atoms with van der Waals surface area (Å²) in [7, 11) is 1.52. The highest BCUT2D eigenvalue weighted by molar-refractivity contribution is 5.93. The summed E-state index contributed by atoms with van der Waals surface area (Å²) in [5.41, 5.74) is 0.379. The van der Waals surface area contributed by atoms with Crippen LogP contribution in [-0.4, -0.2) is 30.4 Å². The van der Waals surface area contributed by atoms with E-state index in [1.54, 1.807) is 24.3 Å². The second-order valence-electron chi connectivity index (χ2n) is 6.74. The minimum Gasteiger partial charge on any atom is -0.504 e. The number of ketones is 1. The molecule has 0 radical (unpaired) electrons. The number of phenols is 1. The van der Waals surface area contributed by atoms with Gasteiger partial charge in [0.25, 0.3) is 0 Å². The zero-order valence-electron chi connectivity index (χ0n) is 14.7. The van der Waals surface area contributed by atoms with Crippen LogP contribution in [0.4, 0.5) is 0 Å². The number of rotatable bonds is 6. The Labute approximate surface area is 147 Å². The molecule has 1 heterocycles. The SMILES string of the molecule is C=CC[C@H]1C[C@]2([C@@H](C)Cc3ccc(OC)c(O)c3)OCOC2=CC1=O. The molecule has 1 aromatic rings. The van der Waals surface area contributed by atoms with Gasteiger partial charge >= 0.3 is 0 Å². The molecule has 0 unspecified atom stereocenters. The molecule has 1 saturated heterocycles. The predicted molar refractivity (Wildman–Crippen MR) is 93.3 cm³/mol. The Hall–Kier alpha value is -2.27. The van der Waals surface area contributed by atoms with Gasteiger partial charge in [0.15, 0.2) is 24.1 Å². The average Bonchev–Trinajstić information content (AvgIpc) is 2.99. The van der Waals surface area contributed by atoms with Crippen molar-refractivity contribution in [1.82, 2.24) is 0 Å². The monoisotopic (exact) mass is 344 g/mol. The number of ether oxygens (including phenoxy) is 3. The van der Waals surface area contributed by atoms with E-state index in [0.29, 0.717) is 30.8 Å². The van der Waals surface area contributed by atoms with Gasteiger partial charge in [-0.1, -0.05) is 19.1 Å². The number of benzene rings is 1. The topological polar surface area (TPSA) is 65.0 Å². The molecule has 0 spiro atoms. The normalized spacial score (nSPS) is 26.4. The van der Waals surface area contributed by atoms with Crippen molar-refractivity contribution in [2.75, 3.05) is 13.9 Å². The minimum atomic E-state index is -0.600. The quantitative estimate of drug-likeness (QED) is 0.802. The van der Waals surface area contributed by atoms with E-state index in [0.717, 1.165) is 5.56 Å². The van der Waals surface area contributed by atoms with E-state index in [1.165, 1.54) is 7.11 Å². The Kier molecular flexibility index (Phi) is 4.86. The Morgan fingerprint density at radius 1 is 1.52 bits per heavy atom. The molecule has 3 atom stereocenters. The van der Waals surface area contributed by atoms with Gasteiger partial charge in [-0.2, -0.15) is 0 Å². The highest BCUT2D eigenvalue weighted by atomic mass is 16.7. The van der Waals surface area contributed by atoms with Crippen LogP contribution in [0.3, 0.4) is 0 Å². The number of carbonyl (C=O) groups excluding carboxylic acids is 1. The standard InChI is InChI=1S/C20H24O5/c1-4-5-15-11-20(19(10-16(15)21)24-12-25-20)13(2)8-14-6-7-18(23-3)17(22)9-14/h4,6-7,9-10,13,15,22H,1,5,8,11-12H2,2-3H3/t13-,15-,20+/m0/s1. The number of hydrogen-bond donors (Lipinski definition) is 1. The lowest BCUT2D eigenvalue weighted by atomic mass is 9.71. The number of methoxy groups -OCH3 is 1. The first-order valence-corrected chi connectivity index (χ1v) is 8.49. The highest BCUT2D eigenvalue weighted by Crippen LogP contribution is 2.46. The van der Waals surface area contributed by atoms with Crippen LogP contribution in [0.1, 0.15) is 25.3 Å². The highest BCUT2D eigenvalue weighted by Gasteiger charge is 2.51. The van der Waals surface area contributed by atoms with Crippen molar-refractivity contribution >= 4 is 5.78 Å². The summed E-state index contributed by atoms with van der Waals surface area (Å²) in [5, 5.41) is 10.00. The summed E-state index contributed by atoms with van der Waals surface area (Å²) < 4.78 is 16.7. The molecule has 2 aliphatic rings. The molecule has 1 aromatic carbocycles. The molecule has 0 amide bonds. The van der Waals surface area contributed by atoms with Crippen LogP contribution < -0.4 is 4.74 Å². The second-order valence-corrected chi connectivity index (χ2v) is 6.74. The van der Waals surface area contributed by atoms with E-state index in [-0.39, 0.29) is 30.2 Å².